The fourth-order valence-corrected chi connectivity index (χ4v) is 2.89. The minimum Gasteiger partial charge on any atom is -0.398 e. The quantitative estimate of drug-likeness (QED) is 0.839. The number of nitrogens with zero attached hydrogens (tertiary/aromatic N) is 2. The van der Waals surface area contributed by atoms with Crippen LogP contribution in [0.2, 0.25) is 0 Å². The van der Waals surface area contributed by atoms with Crippen molar-refractivity contribution in [2.24, 2.45) is 11.3 Å². The van der Waals surface area contributed by atoms with E-state index >= 15 is 0 Å². The lowest BCUT2D eigenvalue weighted by Crippen LogP contribution is -2.26. The number of aromatic nitrogens is 1. The molecular weight excluding hydrogens is 234 g/mol. The van der Waals surface area contributed by atoms with Gasteiger partial charge in [-0.15, -0.1) is 0 Å². The normalized spacial score (nSPS) is 21.3. The van der Waals surface area contributed by atoms with Crippen LogP contribution in [0.1, 0.15) is 45.6 Å². The van der Waals surface area contributed by atoms with Crippen LogP contribution in [0.3, 0.4) is 0 Å². The van der Waals surface area contributed by atoms with Crippen molar-refractivity contribution < 1.29 is 0 Å². The monoisotopic (exact) mass is 261 g/mol. The molecule has 1 saturated heterocycles. The summed E-state index contributed by atoms with van der Waals surface area (Å²) in [6.45, 7) is 11.3. The van der Waals surface area contributed by atoms with Crippen LogP contribution in [-0.2, 0) is 0 Å². The van der Waals surface area contributed by atoms with Crippen molar-refractivity contribution in [3.8, 4) is 0 Å². The van der Waals surface area contributed by atoms with Crippen molar-refractivity contribution in [3.63, 3.8) is 0 Å². The number of hydrogen-bond donors (Lipinski definition) is 1. The zero-order valence-electron chi connectivity index (χ0n) is 12.7. The predicted molar refractivity (Wildman–Crippen MR) is 82.4 cm³/mol. The van der Waals surface area contributed by atoms with Gasteiger partial charge in [0.1, 0.15) is 5.82 Å². The summed E-state index contributed by atoms with van der Waals surface area (Å²) in [4.78, 5) is 6.93. The molecule has 1 aliphatic rings. The van der Waals surface area contributed by atoms with Crippen molar-refractivity contribution in [1.82, 2.24) is 4.98 Å². The molecule has 1 aliphatic heterocycles. The minimum absolute atomic E-state index is 0.412. The van der Waals surface area contributed by atoms with Crippen molar-refractivity contribution in [2.75, 3.05) is 23.7 Å². The lowest BCUT2D eigenvalue weighted by molar-refractivity contribution is 0.220. The molecule has 1 aromatic rings. The molecule has 2 heterocycles. The predicted octanol–water partition coefficient (Wildman–Crippen LogP) is 3.62. The Morgan fingerprint density at radius 3 is 2.63 bits per heavy atom. The number of rotatable bonds is 1. The van der Waals surface area contributed by atoms with Gasteiger partial charge in [-0.2, -0.15) is 0 Å². The third-order valence-electron chi connectivity index (χ3n) is 4.41. The molecule has 1 atom stereocenters. The summed E-state index contributed by atoms with van der Waals surface area (Å²) < 4.78 is 0. The second kappa shape index (κ2) is 5.40. The Hall–Kier alpha value is -1.25. The largest absolute Gasteiger partial charge is 0.398 e. The van der Waals surface area contributed by atoms with E-state index in [0.717, 1.165) is 36.1 Å². The van der Waals surface area contributed by atoms with Gasteiger partial charge in [-0.05, 0) is 43.1 Å². The highest BCUT2D eigenvalue weighted by Crippen LogP contribution is 2.35. The van der Waals surface area contributed by atoms with E-state index < -0.39 is 0 Å². The molecule has 0 amide bonds. The number of nitrogen functional groups attached to an aromatic ring is 1. The van der Waals surface area contributed by atoms with E-state index in [1.54, 1.807) is 0 Å². The molecule has 3 nitrogen and oxygen atoms in total. The van der Waals surface area contributed by atoms with Gasteiger partial charge in [0.15, 0.2) is 0 Å². The summed E-state index contributed by atoms with van der Waals surface area (Å²) in [7, 11) is 0. The van der Waals surface area contributed by atoms with Gasteiger partial charge in [0.25, 0.3) is 0 Å². The van der Waals surface area contributed by atoms with Crippen LogP contribution >= 0.6 is 0 Å². The molecule has 0 bridgehead atoms. The summed E-state index contributed by atoms with van der Waals surface area (Å²) in [6, 6.07) is 2.02. The maximum atomic E-state index is 6.00. The lowest BCUT2D eigenvalue weighted by Gasteiger charge is -2.30. The van der Waals surface area contributed by atoms with Gasteiger partial charge >= 0.3 is 0 Å². The van der Waals surface area contributed by atoms with Crippen LogP contribution in [-0.4, -0.2) is 18.1 Å². The van der Waals surface area contributed by atoms with Crippen LogP contribution in [0.25, 0.3) is 0 Å². The molecule has 0 aliphatic carbocycles. The van der Waals surface area contributed by atoms with Gasteiger partial charge < -0.3 is 10.6 Å². The van der Waals surface area contributed by atoms with Crippen molar-refractivity contribution >= 4 is 11.5 Å². The van der Waals surface area contributed by atoms with Gasteiger partial charge in [0.05, 0.1) is 0 Å². The summed E-state index contributed by atoms with van der Waals surface area (Å²) in [5.41, 5.74) is 8.32. The zero-order chi connectivity index (χ0) is 14.0. The molecule has 0 saturated carbocycles. The lowest BCUT2D eigenvalue weighted by atomic mass is 9.77. The van der Waals surface area contributed by atoms with E-state index in [1.165, 1.54) is 19.3 Å². The number of anilines is 2. The van der Waals surface area contributed by atoms with Gasteiger partial charge in [0.2, 0.25) is 0 Å². The highest BCUT2D eigenvalue weighted by molar-refractivity contribution is 5.54. The molecule has 1 unspecified atom stereocenters. The highest BCUT2D eigenvalue weighted by Gasteiger charge is 2.27. The fraction of sp³-hybridized carbons (Fsp3) is 0.688. The van der Waals surface area contributed by atoms with E-state index in [1.807, 2.05) is 19.2 Å². The standard InChI is InChI=1S/C16H27N3/c1-12-11-18-15(10-14(12)17)19-8-5-6-13(7-9-19)16(2,3)4/h10-11,13H,5-9H2,1-4H3,(H2,17,18). The van der Waals surface area contributed by atoms with Crippen LogP contribution in [0, 0.1) is 18.3 Å². The highest BCUT2D eigenvalue weighted by atomic mass is 15.2. The topological polar surface area (TPSA) is 42.2 Å². The maximum Gasteiger partial charge on any atom is 0.130 e. The zero-order valence-corrected chi connectivity index (χ0v) is 12.7. The third kappa shape index (κ3) is 3.40. The summed E-state index contributed by atoms with van der Waals surface area (Å²) >= 11 is 0. The van der Waals surface area contributed by atoms with E-state index in [4.69, 9.17) is 5.73 Å². The average Bonchev–Trinajstić information content (AvgIpc) is 2.57. The summed E-state index contributed by atoms with van der Waals surface area (Å²) in [5.74, 6) is 1.85. The van der Waals surface area contributed by atoms with Gasteiger partial charge in [0, 0.05) is 31.0 Å². The molecule has 0 aromatic carbocycles. The minimum atomic E-state index is 0.412. The van der Waals surface area contributed by atoms with Gasteiger partial charge in [-0.1, -0.05) is 20.8 Å². The summed E-state index contributed by atoms with van der Waals surface area (Å²) in [6.07, 6.45) is 5.70. The van der Waals surface area contributed by atoms with E-state index in [-0.39, 0.29) is 0 Å². The Bertz CT molecular complexity index is 434. The maximum absolute atomic E-state index is 6.00. The number of nitrogens with two attached hydrogens (primary N) is 1. The molecule has 1 fully saturated rings. The van der Waals surface area contributed by atoms with Crippen molar-refractivity contribution in [2.45, 2.75) is 47.0 Å². The molecule has 19 heavy (non-hydrogen) atoms. The number of hydrogen-bond acceptors (Lipinski definition) is 3. The molecule has 0 radical (unpaired) electrons. The van der Waals surface area contributed by atoms with Crippen molar-refractivity contribution in [1.29, 1.82) is 0 Å². The van der Waals surface area contributed by atoms with E-state index in [2.05, 4.69) is 30.7 Å². The first-order valence-electron chi connectivity index (χ1n) is 7.35. The molecular formula is C16H27N3. The number of pyridine rings is 1. The SMILES string of the molecule is Cc1cnc(N2CCCC(C(C)(C)C)CC2)cc1N. The molecule has 0 spiro atoms. The Morgan fingerprint density at radius 1 is 1.26 bits per heavy atom. The smallest absolute Gasteiger partial charge is 0.130 e. The second-order valence-electron chi connectivity index (χ2n) is 6.88. The molecule has 2 N–H and O–H groups in total. The van der Waals surface area contributed by atoms with Crippen LogP contribution < -0.4 is 10.6 Å². The Labute approximate surface area is 117 Å². The van der Waals surface area contributed by atoms with Gasteiger partial charge in [-0.25, -0.2) is 4.98 Å². The van der Waals surface area contributed by atoms with E-state index in [0.29, 0.717) is 5.41 Å². The Morgan fingerprint density at radius 2 is 2.00 bits per heavy atom. The first-order valence-corrected chi connectivity index (χ1v) is 7.35. The molecule has 2 rings (SSSR count). The Balaban J connectivity index is 2.08. The molecule has 3 heteroatoms. The van der Waals surface area contributed by atoms with E-state index in [9.17, 15) is 0 Å². The fourth-order valence-electron chi connectivity index (χ4n) is 2.89. The average molecular weight is 261 g/mol. The number of aryl methyl sites for hydroxylation is 1. The summed E-state index contributed by atoms with van der Waals surface area (Å²) in [5, 5.41) is 0. The van der Waals surface area contributed by atoms with Crippen LogP contribution in [0.4, 0.5) is 11.5 Å². The molecule has 1 aromatic heterocycles. The van der Waals surface area contributed by atoms with Crippen molar-refractivity contribution in [3.05, 3.63) is 17.8 Å². The molecule has 106 valence electrons. The first-order chi connectivity index (χ1) is 8.88. The Kier molecular flexibility index (Phi) is 4.02. The van der Waals surface area contributed by atoms with Crippen LogP contribution in [0.5, 0.6) is 0 Å². The first kappa shape index (κ1) is 14.2. The van der Waals surface area contributed by atoms with Crippen LogP contribution in [0.15, 0.2) is 12.3 Å². The third-order valence-corrected chi connectivity index (χ3v) is 4.41. The second-order valence-corrected chi connectivity index (χ2v) is 6.88. The van der Waals surface area contributed by atoms with Gasteiger partial charge in [-0.3, -0.25) is 0 Å².